The van der Waals surface area contributed by atoms with E-state index in [0.717, 1.165) is 12.1 Å². The molecule has 40 heavy (non-hydrogen) atoms. The summed E-state index contributed by atoms with van der Waals surface area (Å²) in [7, 11) is 1.55. The number of benzodiazepines with no additional fused rings is 1. The number of rotatable bonds is 7. The Morgan fingerprint density at radius 2 is 1.73 bits per heavy atom. The molecule has 2 atom stereocenters. The average Bonchev–Trinajstić information content (AvgIpc) is 3.35. The summed E-state index contributed by atoms with van der Waals surface area (Å²) in [6, 6.07) is 10.6. The minimum Gasteiger partial charge on any atom is -0.340 e. The van der Waals surface area contributed by atoms with Crippen LogP contribution in [0.25, 0.3) is 0 Å². The number of fused-ring (bicyclic) bond motifs is 1. The van der Waals surface area contributed by atoms with Crippen LogP contribution in [0.5, 0.6) is 0 Å². The van der Waals surface area contributed by atoms with Crippen molar-refractivity contribution >= 4 is 29.1 Å². The number of likely N-dealkylation sites (N-methyl/N-ethyl adjacent to an activating group) is 1. The molecule has 0 saturated heterocycles. The van der Waals surface area contributed by atoms with E-state index in [1.54, 1.807) is 31.3 Å². The second kappa shape index (κ2) is 11.4. The molecule has 4 N–H and O–H groups in total. The fraction of sp³-hybridized carbons (Fsp3) is 0.448. The molecule has 0 bridgehead atoms. The molecule has 214 valence electrons. The first-order chi connectivity index (χ1) is 18.8. The van der Waals surface area contributed by atoms with Gasteiger partial charge in [-0.25, -0.2) is 4.99 Å². The topological polar surface area (TPSA) is 117 Å². The van der Waals surface area contributed by atoms with Crippen LogP contribution in [0, 0.1) is 5.92 Å². The summed E-state index contributed by atoms with van der Waals surface area (Å²) in [6.45, 7) is 3.90. The Labute approximate surface area is 231 Å². The zero-order valence-corrected chi connectivity index (χ0v) is 22.7. The minimum absolute atomic E-state index is 0.188. The third-order valence-corrected chi connectivity index (χ3v) is 7.41. The van der Waals surface area contributed by atoms with E-state index < -0.39 is 47.2 Å². The molecule has 1 aliphatic heterocycles. The number of aliphatic imine (C=N–C) groups is 1. The molecule has 0 radical (unpaired) electrons. The fourth-order valence-electron chi connectivity index (χ4n) is 5.26. The highest BCUT2D eigenvalue weighted by Gasteiger charge is 2.45. The molecule has 1 unspecified atom stereocenters. The summed E-state index contributed by atoms with van der Waals surface area (Å²) in [6.07, 6.45) is -3.26. The number of alkyl halides is 3. The Hall–Kier alpha value is -3.73. The van der Waals surface area contributed by atoms with E-state index in [-0.39, 0.29) is 11.6 Å². The number of nitrogens with two attached hydrogens (primary N) is 1. The van der Waals surface area contributed by atoms with Gasteiger partial charge in [-0.05, 0) is 43.4 Å². The number of hydrogen-bond donors (Lipinski definition) is 3. The zero-order valence-electron chi connectivity index (χ0n) is 22.7. The van der Waals surface area contributed by atoms with Gasteiger partial charge in [0.2, 0.25) is 18.0 Å². The second-order valence-electron chi connectivity index (χ2n) is 10.9. The number of halogens is 3. The maximum atomic E-state index is 13.7. The van der Waals surface area contributed by atoms with Gasteiger partial charge >= 0.3 is 6.18 Å². The quantitative estimate of drug-likeness (QED) is 0.481. The number of nitrogens with one attached hydrogen (secondary N) is 2. The molecule has 1 fully saturated rings. The van der Waals surface area contributed by atoms with Crippen LogP contribution in [0.15, 0.2) is 53.5 Å². The van der Waals surface area contributed by atoms with Crippen LogP contribution in [0.3, 0.4) is 0 Å². The molecule has 0 aromatic heterocycles. The SMILES string of the molecule is CC(C)C[C@H](N)C(=O)NC1(C(=O)NC2N=C(c3ccc(C(F)(F)F)cc3)c3ccccc3N(C)C2=O)CCCC1. The minimum atomic E-state index is -4.51. The predicted octanol–water partition coefficient (Wildman–Crippen LogP) is 3.76. The Balaban J connectivity index is 1.69. The van der Waals surface area contributed by atoms with Gasteiger partial charge in [-0.2, -0.15) is 13.2 Å². The first-order valence-electron chi connectivity index (χ1n) is 13.3. The Bertz CT molecular complexity index is 1300. The summed E-state index contributed by atoms with van der Waals surface area (Å²) < 4.78 is 39.6. The van der Waals surface area contributed by atoms with Crippen LogP contribution in [0.2, 0.25) is 0 Å². The number of hydrogen-bond acceptors (Lipinski definition) is 5. The average molecular weight is 558 g/mol. The van der Waals surface area contributed by atoms with Crippen molar-refractivity contribution in [1.82, 2.24) is 10.6 Å². The van der Waals surface area contributed by atoms with Crippen molar-refractivity contribution in [3.8, 4) is 0 Å². The van der Waals surface area contributed by atoms with Crippen LogP contribution in [0.1, 0.15) is 62.6 Å². The van der Waals surface area contributed by atoms with Crippen molar-refractivity contribution < 1.29 is 27.6 Å². The van der Waals surface area contributed by atoms with Crippen LogP contribution in [-0.2, 0) is 20.6 Å². The van der Waals surface area contributed by atoms with Crippen molar-refractivity contribution in [1.29, 1.82) is 0 Å². The molecule has 2 aromatic rings. The fourth-order valence-corrected chi connectivity index (χ4v) is 5.26. The van der Waals surface area contributed by atoms with E-state index in [0.29, 0.717) is 48.9 Å². The highest BCUT2D eigenvalue weighted by molar-refractivity contribution is 6.20. The Morgan fingerprint density at radius 3 is 2.33 bits per heavy atom. The molecule has 8 nitrogen and oxygen atoms in total. The second-order valence-corrected chi connectivity index (χ2v) is 10.9. The van der Waals surface area contributed by atoms with E-state index in [1.165, 1.54) is 17.0 Å². The van der Waals surface area contributed by atoms with Gasteiger partial charge in [-0.3, -0.25) is 14.4 Å². The summed E-state index contributed by atoms with van der Waals surface area (Å²) in [5, 5.41) is 5.58. The van der Waals surface area contributed by atoms with Crippen LogP contribution >= 0.6 is 0 Å². The van der Waals surface area contributed by atoms with E-state index in [9.17, 15) is 27.6 Å². The highest BCUT2D eigenvalue weighted by Crippen LogP contribution is 2.33. The third-order valence-electron chi connectivity index (χ3n) is 7.41. The number of anilines is 1. The smallest absolute Gasteiger partial charge is 0.340 e. The number of amides is 3. The molecule has 1 heterocycles. The van der Waals surface area contributed by atoms with Crippen LogP contribution in [-0.4, -0.2) is 48.2 Å². The molecule has 11 heteroatoms. The third kappa shape index (κ3) is 6.04. The number of carbonyl (C=O) groups excluding carboxylic acids is 3. The molecule has 1 aliphatic carbocycles. The van der Waals surface area contributed by atoms with Crippen molar-refractivity contribution in [3.05, 3.63) is 65.2 Å². The lowest BCUT2D eigenvalue weighted by molar-refractivity contribution is -0.137. The number of nitrogens with zero attached hydrogens (tertiary/aromatic N) is 2. The molecule has 1 saturated carbocycles. The van der Waals surface area contributed by atoms with Gasteiger partial charge in [0.15, 0.2) is 0 Å². The van der Waals surface area contributed by atoms with Crippen molar-refractivity contribution in [2.45, 2.75) is 69.9 Å². The Morgan fingerprint density at radius 1 is 1.10 bits per heavy atom. The van der Waals surface area contributed by atoms with E-state index in [4.69, 9.17) is 5.73 Å². The van der Waals surface area contributed by atoms with Gasteiger partial charge in [0.05, 0.1) is 23.0 Å². The van der Waals surface area contributed by atoms with Gasteiger partial charge in [-0.1, -0.05) is 57.0 Å². The standard InChI is InChI=1S/C29H34F3N5O3/c1-17(2)16-21(33)25(38)36-28(14-6-7-15-28)27(40)35-24-26(39)37(3)22-9-5-4-8-20(22)23(34-24)18-10-12-19(13-11-18)29(30,31)32/h4-5,8-13,17,21,24H,6-7,14-16,33H2,1-3H3,(H,35,40)(H,36,38)/t21-,24?/m0/s1. The van der Waals surface area contributed by atoms with E-state index in [1.807, 2.05) is 13.8 Å². The number of para-hydroxylation sites is 1. The van der Waals surface area contributed by atoms with Crippen molar-refractivity contribution in [2.24, 2.45) is 16.6 Å². The molecule has 4 rings (SSSR count). The Kier molecular flexibility index (Phi) is 8.34. The zero-order chi connectivity index (χ0) is 29.2. The summed E-state index contributed by atoms with van der Waals surface area (Å²) in [4.78, 5) is 46.1. The van der Waals surface area contributed by atoms with Gasteiger partial charge < -0.3 is 21.3 Å². The largest absolute Gasteiger partial charge is 0.416 e. The normalized spacial score (nSPS) is 19.5. The van der Waals surface area contributed by atoms with Gasteiger partial charge in [0.1, 0.15) is 5.54 Å². The molecule has 2 aliphatic rings. The summed E-state index contributed by atoms with van der Waals surface area (Å²) in [5.74, 6) is -1.33. The molecule has 0 spiro atoms. The van der Waals surface area contributed by atoms with E-state index in [2.05, 4.69) is 15.6 Å². The molecular weight excluding hydrogens is 523 g/mol. The number of carbonyl (C=O) groups is 3. The maximum absolute atomic E-state index is 13.7. The monoisotopic (exact) mass is 557 g/mol. The molecular formula is C29H34F3N5O3. The maximum Gasteiger partial charge on any atom is 0.416 e. The first kappa shape index (κ1) is 29.3. The molecule has 2 aromatic carbocycles. The van der Waals surface area contributed by atoms with Gasteiger partial charge in [0, 0.05) is 18.2 Å². The van der Waals surface area contributed by atoms with Gasteiger partial charge in [0.25, 0.3) is 5.91 Å². The lowest BCUT2D eigenvalue weighted by atomic mass is 9.94. The summed E-state index contributed by atoms with van der Waals surface area (Å²) in [5.41, 5.74) is 5.65. The summed E-state index contributed by atoms with van der Waals surface area (Å²) >= 11 is 0. The highest BCUT2D eigenvalue weighted by atomic mass is 19.4. The number of benzene rings is 2. The van der Waals surface area contributed by atoms with Crippen molar-refractivity contribution in [2.75, 3.05) is 11.9 Å². The van der Waals surface area contributed by atoms with Crippen molar-refractivity contribution in [3.63, 3.8) is 0 Å². The van der Waals surface area contributed by atoms with E-state index >= 15 is 0 Å². The lowest BCUT2D eigenvalue weighted by Crippen LogP contribution is -2.62. The van der Waals surface area contributed by atoms with Gasteiger partial charge in [-0.15, -0.1) is 0 Å². The van der Waals surface area contributed by atoms with Crippen LogP contribution in [0.4, 0.5) is 18.9 Å². The lowest BCUT2D eigenvalue weighted by Gasteiger charge is -2.32. The molecule has 3 amide bonds. The predicted molar refractivity (Wildman–Crippen MR) is 146 cm³/mol. The van der Waals surface area contributed by atoms with Crippen LogP contribution < -0.4 is 21.3 Å². The first-order valence-corrected chi connectivity index (χ1v) is 13.3.